The summed E-state index contributed by atoms with van der Waals surface area (Å²) in [6.45, 7) is 10.5. The second-order valence-electron chi connectivity index (χ2n) is 5.54. The zero-order chi connectivity index (χ0) is 12.3. The van der Waals surface area contributed by atoms with E-state index in [0.29, 0.717) is 0 Å². The van der Waals surface area contributed by atoms with Gasteiger partial charge >= 0.3 is 0 Å². The fraction of sp³-hybridized carbons (Fsp3) is 0.917. The molecule has 0 saturated carbocycles. The Kier molecular flexibility index (Phi) is 4.01. The van der Waals surface area contributed by atoms with Gasteiger partial charge in [0.1, 0.15) is 0 Å². The summed E-state index contributed by atoms with van der Waals surface area (Å²) in [4.78, 5) is 16.2. The van der Waals surface area contributed by atoms with E-state index in [1.54, 1.807) is 0 Å². The third-order valence-corrected chi connectivity index (χ3v) is 4.09. The Bertz CT molecular complexity index is 278. The van der Waals surface area contributed by atoms with Crippen molar-refractivity contribution in [1.29, 1.82) is 0 Å². The lowest BCUT2D eigenvalue weighted by Crippen LogP contribution is -2.46. The highest BCUT2D eigenvalue weighted by atomic mass is 16.1. The summed E-state index contributed by atoms with van der Waals surface area (Å²) in [5.74, 6) is -0.151. The molecule has 17 heavy (non-hydrogen) atoms. The molecule has 3 N–H and O–H groups in total. The number of nitrogens with zero attached hydrogens (tertiary/aromatic N) is 2. The molecule has 2 aliphatic rings. The second-order valence-corrected chi connectivity index (χ2v) is 5.54. The highest BCUT2D eigenvalue weighted by molar-refractivity contribution is 5.81. The molecule has 1 atom stereocenters. The minimum absolute atomic E-state index is 0.151. The number of piperazine rings is 1. The maximum Gasteiger partial charge on any atom is 0.224 e. The van der Waals surface area contributed by atoms with E-state index in [-0.39, 0.29) is 11.3 Å². The highest BCUT2D eigenvalue weighted by Crippen LogP contribution is 2.28. The second kappa shape index (κ2) is 5.33. The molecule has 2 aliphatic heterocycles. The van der Waals surface area contributed by atoms with Crippen LogP contribution in [0.1, 0.15) is 13.3 Å². The van der Waals surface area contributed by atoms with Crippen molar-refractivity contribution >= 4 is 5.91 Å². The van der Waals surface area contributed by atoms with Crippen molar-refractivity contribution in [2.75, 3.05) is 52.4 Å². The Morgan fingerprint density at radius 3 is 2.47 bits per heavy atom. The SMILES string of the molecule is CC1(C(N)=O)CCN(CCN2CCNCC2)C1. The standard InChI is InChI=1S/C12H24N4O/c1-12(11(13)17)2-5-16(10-12)9-8-15-6-3-14-4-7-15/h14H,2-10H2,1H3,(H2,13,17). The molecule has 5 nitrogen and oxygen atoms in total. The molecule has 0 aromatic carbocycles. The maximum absolute atomic E-state index is 11.4. The van der Waals surface area contributed by atoms with Gasteiger partial charge in [-0.1, -0.05) is 0 Å². The number of carbonyl (C=O) groups excluding carboxylic acids is 1. The van der Waals surface area contributed by atoms with E-state index >= 15 is 0 Å². The number of primary amides is 1. The Morgan fingerprint density at radius 1 is 1.24 bits per heavy atom. The molecule has 1 unspecified atom stereocenters. The molecule has 2 fully saturated rings. The van der Waals surface area contributed by atoms with Crippen LogP contribution in [-0.2, 0) is 4.79 Å². The minimum atomic E-state index is -0.302. The van der Waals surface area contributed by atoms with Gasteiger partial charge in [0, 0.05) is 45.8 Å². The molecule has 0 aliphatic carbocycles. The van der Waals surface area contributed by atoms with E-state index in [1.807, 2.05) is 6.92 Å². The van der Waals surface area contributed by atoms with Gasteiger partial charge in [-0.25, -0.2) is 0 Å². The number of likely N-dealkylation sites (tertiary alicyclic amines) is 1. The lowest BCUT2D eigenvalue weighted by atomic mass is 9.89. The van der Waals surface area contributed by atoms with Crippen LogP contribution in [-0.4, -0.2) is 68.1 Å². The van der Waals surface area contributed by atoms with E-state index in [1.165, 1.54) is 0 Å². The fourth-order valence-electron chi connectivity index (χ4n) is 2.67. The van der Waals surface area contributed by atoms with E-state index < -0.39 is 0 Å². The van der Waals surface area contributed by atoms with Gasteiger partial charge in [0.25, 0.3) is 0 Å². The van der Waals surface area contributed by atoms with Crippen LogP contribution in [0.4, 0.5) is 0 Å². The van der Waals surface area contributed by atoms with Crippen molar-refractivity contribution in [2.45, 2.75) is 13.3 Å². The van der Waals surface area contributed by atoms with Crippen LogP contribution >= 0.6 is 0 Å². The van der Waals surface area contributed by atoms with Gasteiger partial charge in [0.05, 0.1) is 5.41 Å². The Morgan fingerprint density at radius 2 is 1.88 bits per heavy atom. The summed E-state index contributed by atoms with van der Waals surface area (Å²) in [6, 6.07) is 0. The molecule has 0 aromatic heterocycles. The van der Waals surface area contributed by atoms with E-state index in [9.17, 15) is 4.79 Å². The molecule has 0 radical (unpaired) electrons. The third-order valence-electron chi connectivity index (χ3n) is 4.09. The van der Waals surface area contributed by atoms with Crippen molar-refractivity contribution in [1.82, 2.24) is 15.1 Å². The average molecular weight is 240 g/mol. The van der Waals surface area contributed by atoms with Crippen molar-refractivity contribution in [2.24, 2.45) is 11.1 Å². The van der Waals surface area contributed by atoms with Crippen LogP contribution in [0.3, 0.4) is 0 Å². The molecule has 2 heterocycles. The van der Waals surface area contributed by atoms with Crippen LogP contribution < -0.4 is 11.1 Å². The highest BCUT2D eigenvalue weighted by Gasteiger charge is 2.38. The number of nitrogens with one attached hydrogen (secondary N) is 1. The van der Waals surface area contributed by atoms with Crippen molar-refractivity contribution < 1.29 is 4.79 Å². The quantitative estimate of drug-likeness (QED) is 0.668. The first-order valence-corrected chi connectivity index (χ1v) is 6.55. The molecular weight excluding hydrogens is 216 g/mol. The number of rotatable bonds is 4. The first kappa shape index (κ1) is 12.8. The Labute approximate surface area is 103 Å². The summed E-state index contributed by atoms with van der Waals surface area (Å²) in [5.41, 5.74) is 5.15. The maximum atomic E-state index is 11.4. The van der Waals surface area contributed by atoms with E-state index in [0.717, 1.165) is 58.8 Å². The van der Waals surface area contributed by atoms with Crippen LogP contribution in [0.5, 0.6) is 0 Å². The topological polar surface area (TPSA) is 61.6 Å². The summed E-state index contributed by atoms with van der Waals surface area (Å²) in [7, 11) is 0. The number of carbonyl (C=O) groups is 1. The smallest absolute Gasteiger partial charge is 0.224 e. The largest absolute Gasteiger partial charge is 0.369 e. The molecule has 0 bridgehead atoms. The predicted molar refractivity (Wildman–Crippen MR) is 67.7 cm³/mol. The number of hydrogen-bond donors (Lipinski definition) is 2. The Balaban J connectivity index is 1.72. The van der Waals surface area contributed by atoms with Crippen LogP contribution in [0.25, 0.3) is 0 Å². The lowest BCUT2D eigenvalue weighted by Gasteiger charge is -2.29. The summed E-state index contributed by atoms with van der Waals surface area (Å²) in [5, 5.41) is 3.35. The van der Waals surface area contributed by atoms with Crippen molar-refractivity contribution in [3.8, 4) is 0 Å². The van der Waals surface area contributed by atoms with Crippen LogP contribution in [0, 0.1) is 5.41 Å². The molecule has 1 amide bonds. The minimum Gasteiger partial charge on any atom is -0.369 e. The molecule has 0 spiro atoms. The monoisotopic (exact) mass is 240 g/mol. The Hall–Kier alpha value is -0.650. The molecule has 5 heteroatoms. The molecule has 98 valence electrons. The van der Waals surface area contributed by atoms with E-state index in [4.69, 9.17) is 5.73 Å². The van der Waals surface area contributed by atoms with Gasteiger partial charge < -0.3 is 16.0 Å². The van der Waals surface area contributed by atoms with Gasteiger partial charge in [-0.2, -0.15) is 0 Å². The van der Waals surface area contributed by atoms with Gasteiger partial charge in [0.15, 0.2) is 0 Å². The summed E-state index contributed by atoms with van der Waals surface area (Å²) < 4.78 is 0. The normalized spacial score (nSPS) is 31.8. The van der Waals surface area contributed by atoms with E-state index in [2.05, 4.69) is 15.1 Å². The zero-order valence-electron chi connectivity index (χ0n) is 10.7. The average Bonchev–Trinajstić information content (AvgIpc) is 2.72. The first-order chi connectivity index (χ1) is 8.10. The van der Waals surface area contributed by atoms with Gasteiger partial charge in [-0.15, -0.1) is 0 Å². The van der Waals surface area contributed by atoms with Gasteiger partial charge in [-0.3, -0.25) is 9.69 Å². The lowest BCUT2D eigenvalue weighted by molar-refractivity contribution is -0.126. The number of amides is 1. The first-order valence-electron chi connectivity index (χ1n) is 6.55. The summed E-state index contributed by atoms with van der Waals surface area (Å²) >= 11 is 0. The molecule has 0 aromatic rings. The van der Waals surface area contributed by atoms with Gasteiger partial charge in [0.2, 0.25) is 5.91 Å². The fourth-order valence-corrected chi connectivity index (χ4v) is 2.67. The molecule has 2 rings (SSSR count). The van der Waals surface area contributed by atoms with Gasteiger partial charge in [-0.05, 0) is 19.9 Å². The number of hydrogen-bond acceptors (Lipinski definition) is 4. The van der Waals surface area contributed by atoms with Crippen molar-refractivity contribution in [3.05, 3.63) is 0 Å². The third kappa shape index (κ3) is 3.18. The van der Waals surface area contributed by atoms with Crippen molar-refractivity contribution in [3.63, 3.8) is 0 Å². The predicted octanol–water partition coefficient (Wildman–Crippen LogP) is -0.911. The van der Waals surface area contributed by atoms with Crippen LogP contribution in [0.15, 0.2) is 0 Å². The van der Waals surface area contributed by atoms with Crippen LogP contribution in [0.2, 0.25) is 0 Å². The number of nitrogens with two attached hydrogens (primary N) is 1. The summed E-state index contributed by atoms with van der Waals surface area (Å²) in [6.07, 6.45) is 0.907. The molecule has 2 saturated heterocycles. The molecular formula is C12H24N4O. The zero-order valence-corrected chi connectivity index (χ0v) is 10.7.